The second-order valence-corrected chi connectivity index (χ2v) is 7.78. The van der Waals surface area contributed by atoms with Crippen molar-refractivity contribution in [1.29, 1.82) is 0 Å². The van der Waals surface area contributed by atoms with Crippen LogP contribution < -0.4 is 5.32 Å². The lowest BCUT2D eigenvalue weighted by Gasteiger charge is -2.39. The lowest BCUT2D eigenvalue weighted by molar-refractivity contribution is 0.122. The Morgan fingerprint density at radius 3 is 2.38 bits per heavy atom. The largest absolute Gasteiger partial charge is 0.506 e. The third-order valence-corrected chi connectivity index (χ3v) is 6.13. The summed E-state index contributed by atoms with van der Waals surface area (Å²) in [6.07, 6.45) is 5.18. The summed E-state index contributed by atoms with van der Waals surface area (Å²) in [5, 5.41) is 14.0. The lowest BCUT2D eigenvalue weighted by atomic mass is 9.89. The minimum absolute atomic E-state index is 0.321. The van der Waals surface area contributed by atoms with Gasteiger partial charge in [0.1, 0.15) is 5.75 Å². The molecule has 5 heteroatoms. The van der Waals surface area contributed by atoms with Crippen LogP contribution in [0.5, 0.6) is 5.75 Å². The Morgan fingerprint density at radius 1 is 1.10 bits per heavy atom. The standard InChI is InChI=1S/C16H22Br2N2O/c17-12-5-6-13(18)16(21)14(12)15(11-3-1-2-4-11)20-9-7-19-8-10-20/h5-6,11,15,19,21H,1-4,7-10H2/t15-/m1/s1. The van der Waals surface area contributed by atoms with Gasteiger partial charge in [-0.25, -0.2) is 0 Å². The molecule has 116 valence electrons. The van der Waals surface area contributed by atoms with Crippen molar-refractivity contribution in [3.8, 4) is 5.75 Å². The van der Waals surface area contributed by atoms with E-state index in [4.69, 9.17) is 0 Å². The van der Waals surface area contributed by atoms with Crippen molar-refractivity contribution >= 4 is 31.9 Å². The van der Waals surface area contributed by atoms with E-state index in [0.29, 0.717) is 17.7 Å². The normalized spacial score (nSPS) is 22.6. The highest BCUT2D eigenvalue weighted by molar-refractivity contribution is 9.11. The molecule has 2 aliphatic rings. The number of phenolic OH excluding ortho intramolecular Hbond substituents is 1. The molecule has 21 heavy (non-hydrogen) atoms. The van der Waals surface area contributed by atoms with Crippen molar-refractivity contribution in [2.24, 2.45) is 5.92 Å². The molecule has 1 aromatic rings. The van der Waals surface area contributed by atoms with Gasteiger partial charge in [0, 0.05) is 42.3 Å². The van der Waals surface area contributed by atoms with Crippen LogP contribution in [0.3, 0.4) is 0 Å². The third-order valence-electron chi connectivity index (χ3n) is 4.80. The van der Waals surface area contributed by atoms with Crippen LogP contribution in [0, 0.1) is 5.92 Å². The van der Waals surface area contributed by atoms with E-state index in [1.165, 1.54) is 25.7 Å². The van der Waals surface area contributed by atoms with Crippen molar-refractivity contribution in [1.82, 2.24) is 10.2 Å². The van der Waals surface area contributed by atoms with E-state index in [1.807, 2.05) is 12.1 Å². The Hall–Kier alpha value is -0.100. The van der Waals surface area contributed by atoms with Gasteiger partial charge in [-0.05, 0) is 46.8 Å². The highest BCUT2D eigenvalue weighted by atomic mass is 79.9. The molecule has 0 unspecified atom stereocenters. The molecule has 0 bridgehead atoms. The number of nitrogens with one attached hydrogen (secondary N) is 1. The highest BCUT2D eigenvalue weighted by Crippen LogP contribution is 2.47. The number of phenols is 1. The van der Waals surface area contributed by atoms with E-state index >= 15 is 0 Å². The number of benzene rings is 1. The number of aromatic hydroxyl groups is 1. The van der Waals surface area contributed by atoms with Gasteiger partial charge < -0.3 is 10.4 Å². The van der Waals surface area contributed by atoms with E-state index in [1.54, 1.807) is 0 Å². The number of rotatable bonds is 3. The molecule has 1 aliphatic heterocycles. The van der Waals surface area contributed by atoms with Crippen molar-refractivity contribution in [2.45, 2.75) is 31.7 Å². The maximum atomic E-state index is 10.6. The Morgan fingerprint density at radius 2 is 1.71 bits per heavy atom. The molecule has 1 saturated heterocycles. The third kappa shape index (κ3) is 3.31. The fourth-order valence-corrected chi connectivity index (χ4v) is 4.69. The molecule has 3 nitrogen and oxygen atoms in total. The Balaban J connectivity index is 1.99. The van der Waals surface area contributed by atoms with Gasteiger partial charge >= 0.3 is 0 Å². The second kappa shape index (κ2) is 6.99. The molecule has 0 spiro atoms. The summed E-state index contributed by atoms with van der Waals surface area (Å²) in [5.41, 5.74) is 1.07. The van der Waals surface area contributed by atoms with Gasteiger partial charge in [0.25, 0.3) is 0 Å². The molecule has 1 saturated carbocycles. The smallest absolute Gasteiger partial charge is 0.135 e. The molecule has 1 aliphatic carbocycles. The van der Waals surface area contributed by atoms with Gasteiger partial charge in [-0.15, -0.1) is 0 Å². The first-order valence-electron chi connectivity index (χ1n) is 7.80. The van der Waals surface area contributed by atoms with Crippen LogP contribution in [0.1, 0.15) is 37.3 Å². The zero-order valence-electron chi connectivity index (χ0n) is 12.1. The van der Waals surface area contributed by atoms with Gasteiger partial charge in [0.2, 0.25) is 0 Å². The van der Waals surface area contributed by atoms with E-state index < -0.39 is 0 Å². The first-order valence-corrected chi connectivity index (χ1v) is 9.38. The Kier molecular flexibility index (Phi) is 5.25. The van der Waals surface area contributed by atoms with Gasteiger partial charge in [-0.1, -0.05) is 28.8 Å². The number of piperazine rings is 1. The van der Waals surface area contributed by atoms with E-state index in [-0.39, 0.29) is 0 Å². The Labute approximate surface area is 143 Å². The lowest BCUT2D eigenvalue weighted by Crippen LogP contribution is -2.46. The minimum Gasteiger partial charge on any atom is -0.506 e. The molecular formula is C16H22Br2N2O. The zero-order valence-corrected chi connectivity index (χ0v) is 15.3. The highest BCUT2D eigenvalue weighted by Gasteiger charge is 2.35. The van der Waals surface area contributed by atoms with E-state index in [0.717, 1.165) is 40.7 Å². The van der Waals surface area contributed by atoms with Gasteiger partial charge in [0.05, 0.1) is 4.47 Å². The molecule has 1 heterocycles. The summed E-state index contributed by atoms with van der Waals surface area (Å²) >= 11 is 7.15. The topological polar surface area (TPSA) is 35.5 Å². The fraction of sp³-hybridized carbons (Fsp3) is 0.625. The number of halogens is 2. The summed E-state index contributed by atoms with van der Waals surface area (Å²) < 4.78 is 1.82. The predicted octanol–water partition coefficient (Wildman–Crippen LogP) is 4.05. The summed E-state index contributed by atoms with van der Waals surface area (Å²) in [4.78, 5) is 2.55. The van der Waals surface area contributed by atoms with Gasteiger partial charge in [0.15, 0.2) is 0 Å². The molecule has 0 aromatic heterocycles. The molecule has 2 fully saturated rings. The van der Waals surface area contributed by atoms with Crippen molar-refractivity contribution in [3.05, 3.63) is 26.6 Å². The van der Waals surface area contributed by atoms with Crippen molar-refractivity contribution in [2.75, 3.05) is 26.2 Å². The number of hydrogen-bond acceptors (Lipinski definition) is 3. The quantitative estimate of drug-likeness (QED) is 0.778. The zero-order chi connectivity index (χ0) is 14.8. The minimum atomic E-state index is 0.321. The molecule has 1 aromatic carbocycles. The summed E-state index contributed by atoms with van der Waals surface area (Å²) in [5.74, 6) is 1.06. The summed E-state index contributed by atoms with van der Waals surface area (Å²) in [6, 6.07) is 4.27. The fourth-order valence-electron chi connectivity index (χ4n) is 3.79. The van der Waals surface area contributed by atoms with Crippen LogP contribution in [0.25, 0.3) is 0 Å². The molecule has 3 rings (SSSR count). The second-order valence-electron chi connectivity index (χ2n) is 6.07. The summed E-state index contributed by atoms with van der Waals surface area (Å²) in [7, 11) is 0. The van der Waals surface area contributed by atoms with Crippen LogP contribution in [0.4, 0.5) is 0 Å². The molecule has 1 atom stereocenters. The maximum Gasteiger partial charge on any atom is 0.135 e. The molecule has 0 amide bonds. The molecule has 2 N–H and O–H groups in total. The maximum absolute atomic E-state index is 10.6. The van der Waals surface area contributed by atoms with Crippen LogP contribution in [-0.2, 0) is 0 Å². The first-order chi connectivity index (χ1) is 10.2. The molecular weight excluding hydrogens is 396 g/mol. The van der Waals surface area contributed by atoms with Crippen LogP contribution in [-0.4, -0.2) is 36.2 Å². The van der Waals surface area contributed by atoms with Crippen molar-refractivity contribution in [3.63, 3.8) is 0 Å². The van der Waals surface area contributed by atoms with E-state index in [9.17, 15) is 5.11 Å². The average Bonchev–Trinajstić information content (AvgIpc) is 3.02. The predicted molar refractivity (Wildman–Crippen MR) is 92.6 cm³/mol. The summed E-state index contributed by atoms with van der Waals surface area (Å²) in [6.45, 7) is 4.18. The monoisotopic (exact) mass is 416 g/mol. The number of nitrogens with zero attached hydrogens (tertiary/aromatic N) is 1. The average molecular weight is 418 g/mol. The van der Waals surface area contributed by atoms with Crippen LogP contribution >= 0.6 is 31.9 Å². The SMILES string of the molecule is Oc1c(Br)ccc(Br)c1[C@@H](C1CCCC1)N1CCNCC1. The van der Waals surface area contributed by atoms with Gasteiger partial charge in [-0.3, -0.25) is 4.90 Å². The Bertz CT molecular complexity index is 497. The number of hydrogen-bond donors (Lipinski definition) is 2. The molecule has 0 radical (unpaired) electrons. The van der Waals surface area contributed by atoms with Crippen LogP contribution in [0.15, 0.2) is 21.1 Å². The van der Waals surface area contributed by atoms with Crippen LogP contribution in [0.2, 0.25) is 0 Å². The van der Waals surface area contributed by atoms with Crippen molar-refractivity contribution < 1.29 is 5.11 Å². The van der Waals surface area contributed by atoms with E-state index in [2.05, 4.69) is 42.1 Å². The van der Waals surface area contributed by atoms with Gasteiger partial charge in [-0.2, -0.15) is 0 Å². The first kappa shape index (κ1) is 15.8.